The van der Waals surface area contributed by atoms with Gasteiger partial charge in [0.15, 0.2) is 0 Å². The number of hydrogen-bond acceptors (Lipinski definition) is 4. The first-order valence-electron chi connectivity index (χ1n) is 8.72. The number of hydrogen-bond donors (Lipinski definition) is 1. The van der Waals surface area contributed by atoms with Gasteiger partial charge in [0.05, 0.1) is 23.6 Å². The van der Waals surface area contributed by atoms with E-state index in [-0.39, 0.29) is 34.3 Å². The number of anilines is 1. The zero-order valence-electron chi connectivity index (χ0n) is 14.3. The number of nitro groups is 1. The van der Waals surface area contributed by atoms with E-state index in [1.807, 2.05) is 13.0 Å². The van der Waals surface area contributed by atoms with Crippen molar-refractivity contribution < 1.29 is 14.1 Å². The van der Waals surface area contributed by atoms with Crippen molar-refractivity contribution in [2.24, 2.45) is 5.92 Å². The van der Waals surface area contributed by atoms with Crippen LogP contribution in [0.4, 0.5) is 15.8 Å². The monoisotopic (exact) mass is 354 g/mol. The molecular weight excluding hydrogens is 335 g/mol. The molecule has 6 heteroatoms. The number of nitro benzene ring substituents is 1. The van der Waals surface area contributed by atoms with Crippen molar-refractivity contribution in [3.05, 3.63) is 75.6 Å². The first kappa shape index (κ1) is 16.6. The molecule has 1 aliphatic heterocycles. The Morgan fingerprint density at radius 2 is 2.08 bits per heavy atom. The fourth-order valence-electron chi connectivity index (χ4n) is 4.05. The summed E-state index contributed by atoms with van der Waals surface area (Å²) in [4.78, 5) is 11.3. The molecule has 0 bridgehead atoms. The van der Waals surface area contributed by atoms with E-state index in [1.165, 1.54) is 18.2 Å². The lowest BCUT2D eigenvalue weighted by Crippen LogP contribution is -2.29. The minimum Gasteiger partial charge on any atom is -0.494 e. The van der Waals surface area contributed by atoms with Gasteiger partial charge in [-0.3, -0.25) is 10.1 Å². The molecule has 0 spiro atoms. The van der Waals surface area contributed by atoms with Gasteiger partial charge in [-0.15, -0.1) is 0 Å². The van der Waals surface area contributed by atoms with Gasteiger partial charge >= 0.3 is 0 Å². The van der Waals surface area contributed by atoms with Crippen LogP contribution >= 0.6 is 0 Å². The number of fused-ring (bicyclic) bond motifs is 3. The molecule has 0 aromatic heterocycles. The molecule has 2 aliphatic rings. The van der Waals surface area contributed by atoms with Crippen molar-refractivity contribution in [3.8, 4) is 5.75 Å². The molecule has 5 nitrogen and oxygen atoms in total. The summed E-state index contributed by atoms with van der Waals surface area (Å²) < 4.78 is 18.8. The van der Waals surface area contributed by atoms with Crippen LogP contribution in [0.2, 0.25) is 0 Å². The third-order valence-corrected chi connectivity index (χ3v) is 5.16. The van der Waals surface area contributed by atoms with Crippen molar-refractivity contribution in [1.82, 2.24) is 0 Å². The van der Waals surface area contributed by atoms with E-state index in [4.69, 9.17) is 4.74 Å². The van der Waals surface area contributed by atoms with Crippen LogP contribution in [-0.4, -0.2) is 11.5 Å². The zero-order valence-corrected chi connectivity index (χ0v) is 14.3. The predicted octanol–water partition coefficient (Wildman–Crippen LogP) is 4.96. The average molecular weight is 354 g/mol. The highest BCUT2D eigenvalue weighted by molar-refractivity contribution is 5.73. The Morgan fingerprint density at radius 3 is 2.77 bits per heavy atom. The first-order chi connectivity index (χ1) is 12.6. The summed E-state index contributed by atoms with van der Waals surface area (Å²) in [5.41, 5.74) is 2.36. The summed E-state index contributed by atoms with van der Waals surface area (Å²) in [6, 6.07) is 9.59. The first-order valence-corrected chi connectivity index (χ1v) is 8.72. The van der Waals surface area contributed by atoms with Gasteiger partial charge in [-0.25, -0.2) is 4.39 Å². The number of benzene rings is 2. The Bertz CT molecular complexity index is 879. The predicted molar refractivity (Wildman–Crippen MR) is 97.0 cm³/mol. The maximum Gasteiger partial charge on any atom is 0.296 e. The van der Waals surface area contributed by atoms with Crippen molar-refractivity contribution >= 4 is 11.4 Å². The van der Waals surface area contributed by atoms with Crippen molar-refractivity contribution in [3.63, 3.8) is 0 Å². The second-order valence-corrected chi connectivity index (χ2v) is 6.62. The average Bonchev–Trinajstić information content (AvgIpc) is 3.11. The largest absolute Gasteiger partial charge is 0.494 e. The molecule has 0 fully saturated rings. The number of nitrogens with one attached hydrogen (secondary N) is 1. The minimum absolute atomic E-state index is 0.0109. The maximum absolute atomic E-state index is 13.3. The number of rotatable bonds is 4. The maximum atomic E-state index is 13.3. The van der Waals surface area contributed by atoms with Gasteiger partial charge < -0.3 is 10.1 Å². The molecule has 4 rings (SSSR count). The number of ether oxygens (including phenoxy) is 1. The van der Waals surface area contributed by atoms with Crippen LogP contribution in [0.25, 0.3) is 0 Å². The molecule has 0 saturated heterocycles. The van der Waals surface area contributed by atoms with Gasteiger partial charge in [0.2, 0.25) is 0 Å². The van der Waals surface area contributed by atoms with Crippen molar-refractivity contribution in [1.29, 1.82) is 0 Å². The highest BCUT2D eigenvalue weighted by Gasteiger charge is 2.41. The molecular formula is C20H19FN2O3. The van der Waals surface area contributed by atoms with E-state index in [0.29, 0.717) is 18.0 Å². The van der Waals surface area contributed by atoms with Crippen LogP contribution in [0.5, 0.6) is 5.75 Å². The van der Waals surface area contributed by atoms with Crippen LogP contribution in [0.15, 0.2) is 48.6 Å². The molecule has 0 amide bonds. The summed E-state index contributed by atoms with van der Waals surface area (Å²) in [5.74, 6) is 0.516. The van der Waals surface area contributed by atoms with E-state index < -0.39 is 0 Å². The Balaban J connectivity index is 1.83. The Morgan fingerprint density at radius 1 is 1.31 bits per heavy atom. The molecule has 1 N–H and O–H groups in total. The summed E-state index contributed by atoms with van der Waals surface area (Å²) in [6.07, 6.45) is 5.09. The van der Waals surface area contributed by atoms with Crippen LogP contribution in [0.3, 0.4) is 0 Å². The lowest BCUT2D eigenvalue weighted by Gasteiger charge is -2.37. The van der Waals surface area contributed by atoms with E-state index in [0.717, 1.165) is 17.5 Å². The topological polar surface area (TPSA) is 64.4 Å². The van der Waals surface area contributed by atoms with E-state index in [1.54, 1.807) is 12.1 Å². The van der Waals surface area contributed by atoms with Crippen LogP contribution in [0.1, 0.15) is 36.4 Å². The van der Waals surface area contributed by atoms with Crippen molar-refractivity contribution in [2.75, 3.05) is 11.9 Å². The molecule has 2 aromatic rings. The van der Waals surface area contributed by atoms with E-state index in [2.05, 4.69) is 17.5 Å². The molecule has 1 aliphatic carbocycles. The molecule has 0 radical (unpaired) electrons. The van der Waals surface area contributed by atoms with Crippen molar-refractivity contribution in [2.45, 2.75) is 25.3 Å². The molecule has 26 heavy (non-hydrogen) atoms. The third kappa shape index (κ3) is 2.71. The molecule has 134 valence electrons. The molecule has 0 unspecified atom stereocenters. The lowest BCUT2D eigenvalue weighted by atomic mass is 9.76. The van der Waals surface area contributed by atoms with Gasteiger partial charge in [0, 0.05) is 5.92 Å². The Labute approximate surface area is 150 Å². The zero-order chi connectivity index (χ0) is 18.3. The number of nitrogens with zero attached hydrogens (tertiary/aromatic N) is 1. The summed E-state index contributed by atoms with van der Waals surface area (Å²) in [6.45, 7) is 2.30. The number of halogens is 1. The molecule has 2 aromatic carbocycles. The molecule has 1 heterocycles. The summed E-state index contributed by atoms with van der Waals surface area (Å²) in [5, 5.41) is 15.0. The standard InChI is InChI=1S/C20H19FN2O3/c1-2-26-14-10-17-15-4-3-5-16(15)19(12-6-8-13(21)9-7-12)22-20(17)18(11-14)23(24)25/h3-4,6-11,15-16,19,22H,2,5H2,1H3/t15-,16-,19+/m1/s1. The summed E-state index contributed by atoms with van der Waals surface area (Å²) in [7, 11) is 0. The smallest absolute Gasteiger partial charge is 0.296 e. The van der Waals surface area contributed by atoms with Crippen LogP contribution in [0, 0.1) is 21.8 Å². The van der Waals surface area contributed by atoms with Gasteiger partial charge in [-0.05, 0) is 48.6 Å². The quantitative estimate of drug-likeness (QED) is 0.479. The van der Waals surface area contributed by atoms with Gasteiger partial charge in [0.1, 0.15) is 17.3 Å². The van der Waals surface area contributed by atoms with Crippen LogP contribution < -0.4 is 10.1 Å². The highest BCUT2D eigenvalue weighted by Crippen LogP contribution is 2.53. The molecule has 3 atom stereocenters. The van der Waals surface area contributed by atoms with Gasteiger partial charge in [-0.1, -0.05) is 24.3 Å². The second kappa shape index (κ2) is 6.44. The third-order valence-electron chi connectivity index (χ3n) is 5.16. The van der Waals surface area contributed by atoms with E-state index in [9.17, 15) is 14.5 Å². The van der Waals surface area contributed by atoms with Crippen LogP contribution in [-0.2, 0) is 0 Å². The number of allylic oxidation sites excluding steroid dienone is 2. The van der Waals surface area contributed by atoms with E-state index >= 15 is 0 Å². The Kier molecular flexibility index (Phi) is 4.11. The Hall–Kier alpha value is -2.89. The normalized spacial score (nSPS) is 23.1. The van der Waals surface area contributed by atoms with Gasteiger partial charge in [-0.2, -0.15) is 0 Å². The minimum atomic E-state index is -0.380. The SMILES string of the molecule is CCOc1cc2c(c([N+](=O)[O-])c1)N[C@@H](c1ccc(F)cc1)[C@@H]1CC=C[C@@H]21. The highest BCUT2D eigenvalue weighted by atomic mass is 19.1. The van der Waals surface area contributed by atoms with Gasteiger partial charge in [0.25, 0.3) is 5.69 Å². The fourth-order valence-corrected chi connectivity index (χ4v) is 4.05. The molecule has 0 saturated carbocycles. The fraction of sp³-hybridized carbons (Fsp3) is 0.300. The second-order valence-electron chi connectivity index (χ2n) is 6.62. The lowest BCUT2D eigenvalue weighted by molar-refractivity contribution is -0.384. The summed E-state index contributed by atoms with van der Waals surface area (Å²) >= 11 is 0.